The van der Waals surface area contributed by atoms with Gasteiger partial charge in [-0.15, -0.1) is 24.0 Å². The lowest BCUT2D eigenvalue weighted by atomic mass is 10.2. The molecule has 7 heteroatoms. The van der Waals surface area contributed by atoms with E-state index in [2.05, 4.69) is 53.8 Å². The number of anilines is 1. The third kappa shape index (κ3) is 7.85. The minimum Gasteiger partial charge on any atom is -0.375 e. The Balaban J connectivity index is 0.00000392. The molecule has 1 heterocycles. The lowest BCUT2D eigenvalue weighted by molar-refractivity contribution is -0.133. The molecular weight excluding hydrogens is 465 g/mol. The Morgan fingerprint density at radius 2 is 2.04 bits per heavy atom. The van der Waals surface area contributed by atoms with Crippen LogP contribution in [0, 0.1) is 5.92 Å². The Morgan fingerprint density at radius 3 is 2.68 bits per heavy atom. The van der Waals surface area contributed by atoms with Gasteiger partial charge in [-0.1, -0.05) is 32.0 Å². The fourth-order valence-electron chi connectivity index (χ4n) is 3.27. The molecule has 6 nitrogen and oxygen atoms in total. The van der Waals surface area contributed by atoms with E-state index in [9.17, 15) is 4.79 Å². The molecule has 1 unspecified atom stereocenters. The highest BCUT2D eigenvalue weighted by Gasteiger charge is 2.27. The van der Waals surface area contributed by atoms with Crippen molar-refractivity contribution in [2.75, 3.05) is 44.7 Å². The molecule has 0 aliphatic carbocycles. The van der Waals surface area contributed by atoms with Crippen molar-refractivity contribution < 1.29 is 4.79 Å². The van der Waals surface area contributed by atoms with Crippen molar-refractivity contribution in [1.82, 2.24) is 15.5 Å². The number of halogens is 1. The molecule has 1 saturated heterocycles. The molecule has 0 saturated carbocycles. The van der Waals surface area contributed by atoms with Crippen LogP contribution in [0.4, 0.5) is 5.69 Å². The summed E-state index contributed by atoms with van der Waals surface area (Å²) in [5.74, 6) is 1.15. The van der Waals surface area contributed by atoms with Gasteiger partial charge in [0, 0.05) is 57.4 Å². The molecule has 1 atom stereocenters. The van der Waals surface area contributed by atoms with E-state index in [1.165, 1.54) is 5.69 Å². The van der Waals surface area contributed by atoms with Crippen LogP contribution in [0.1, 0.15) is 33.6 Å². The molecule has 1 aliphatic heterocycles. The number of hydrogen-bond acceptors (Lipinski definition) is 3. The van der Waals surface area contributed by atoms with Gasteiger partial charge in [-0.25, -0.2) is 0 Å². The summed E-state index contributed by atoms with van der Waals surface area (Å²) in [5, 5.41) is 6.81. The van der Waals surface area contributed by atoms with E-state index in [-0.39, 0.29) is 41.8 Å². The van der Waals surface area contributed by atoms with Crippen LogP contribution in [-0.4, -0.2) is 62.6 Å². The summed E-state index contributed by atoms with van der Waals surface area (Å²) in [4.78, 5) is 21.1. The zero-order chi connectivity index (χ0) is 19.6. The van der Waals surface area contributed by atoms with Gasteiger partial charge in [0.05, 0.1) is 0 Å². The lowest BCUT2D eigenvalue weighted by Gasteiger charge is -2.21. The van der Waals surface area contributed by atoms with E-state index in [4.69, 9.17) is 4.99 Å². The van der Waals surface area contributed by atoms with Crippen molar-refractivity contribution in [1.29, 1.82) is 0 Å². The van der Waals surface area contributed by atoms with Crippen LogP contribution >= 0.6 is 24.0 Å². The van der Waals surface area contributed by atoms with Gasteiger partial charge < -0.3 is 20.4 Å². The highest BCUT2D eigenvalue weighted by molar-refractivity contribution is 14.0. The van der Waals surface area contributed by atoms with Crippen LogP contribution in [-0.2, 0) is 4.79 Å². The van der Waals surface area contributed by atoms with Gasteiger partial charge in [0.2, 0.25) is 5.91 Å². The van der Waals surface area contributed by atoms with Gasteiger partial charge >= 0.3 is 0 Å². The first kappa shape index (κ1) is 24.5. The predicted octanol–water partition coefficient (Wildman–Crippen LogP) is 2.94. The van der Waals surface area contributed by atoms with Crippen LogP contribution < -0.4 is 15.5 Å². The highest BCUT2D eigenvalue weighted by Crippen LogP contribution is 2.13. The minimum atomic E-state index is 0. The minimum absolute atomic E-state index is 0. The number of amides is 1. The molecule has 0 aromatic heterocycles. The second-order valence-corrected chi connectivity index (χ2v) is 7.44. The highest BCUT2D eigenvalue weighted by atomic mass is 127. The average Bonchev–Trinajstić information content (AvgIpc) is 3.13. The lowest BCUT2D eigenvalue weighted by Crippen LogP contribution is -2.45. The third-order valence-electron chi connectivity index (χ3n) is 4.80. The molecule has 0 spiro atoms. The Hall–Kier alpha value is -1.51. The maximum absolute atomic E-state index is 12.1. The molecular formula is C21H36IN5O. The molecule has 158 valence electrons. The largest absolute Gasteiger partial charge is 0.375 e. The maximum Gasteiger partial charge on any atom is 0.225 e. The van der Waals surface area contributed by atoms with Gasteiger partial charge in [0.1, 0.15) is 0 Å². The van der Waals surface area contributed by atoms with E-state index in [0.29, 0.717) is 0 Å². The van der Waals surface area contributed by atoms with Gasteiger partial charge in [-0.3, -0.25) is 9.79 Å². The van der Waals surface area contributed by atoms with Crippen LogP contribution in [0.15, 0.2) is 35.3 Å². The van der Waals surface area contributed by atoms with Crippen LogP contribution in [0.25, 0.3) is 0 Å². The van der Waals surface area contributed by atoms with Crippen LogP contribution in [0.3, 0.4) is 0 Å². The van der Waals surface area contributed by atoms with Gasteiger partial charge in [0.25, 0.3) is 0 Å². The normalized spacial score (nSPS) is 16.7. The van der Waals surface area contributed by atoms with E-state index >= 15 is 0 Å². The molecule has 1 aliphatic rings. The van der Waals surface area contributed by atoms with Crippen molar-refractivity contribution in [2.45, 2.75) is 39.7 Å². The van der Waals surface area contributed by atoms with Gasteiger partial charge in [-0.05, 0) is 31.9 Å². The molecule has 28 heavy (non-hydrogen) atoms. The van der Waals surface area contributed by atoms with Crippen LogP contribution in [0.2, 0.25) is 0 Å². The van der Waals surface area contributed by atoms with Crippen molar-refractivity contribution >= 4 is 41.5 Å². The number of carbonyl (C=O) groups excluding carboxylic acids is 1. The number of nitrogens with one attached hydrogen (secondary N) is 2. The second kappa shape index (κ2) is 12.9. The van der Waals surface area contributed by atoms with E-state index < -0.39 is 0 Å². The Kier molecular flexibility index (Phi) is 11.3. The van der Waals surface area contributed by atoms with Crippen LogP contribution in [0.5, 0.6) is 0 Å². The average molecular weight is 501 g/mol. The number of benzene rings is 1. The zero-order valence-electron chi connectivity index (χ0n) is 17.6. The number of carbonyl (C=O) groups is 1. The van der Waals surface area contributed by atoms with E-state index in [1.54, 1.807) is 0 Å². The number of aliphatic imine (C=N–C) groups is 1. The molecule has 1 aromatic carbocycles. The Bertz CT molecular complexity index is 608. The number of likely N-dealkylation sites (tertiary alicyclic amines) is 1. The Labute approximate surface area is 187 Å². The number of para-hydroxylation sites is 1. The molecule has 0 radical (unpaired) electrons. The summed E-state index contributed by atoms with van der Waals surface area (Å²) < 4.78 is 0. The third-order valence-corrected chi connectivity index (χ3v) is 4.80. The molecule has 2 N–H and O–H groups in total. The van der Waals surface area contributed by atoms with E-state index in [0.717, 1.165) is 51.5 Å². The number of nitrogens with zero attached hydrogens (tertiary/aromatic N) is 3. The summed E-state index contributed by atoms with van der Waals surface area (Å²) in [5.41, 5.74) is 1.23. The van der Waals surface area contributed by atoms with E-state index in [1.807, 2.05) is 24.8 Å². The summed E-state index contributed by atoms with van der Waals surface area (Å²) in [6.45, 7) is 10.2. The standard InChI is InChI=1S/C21H35N5O.HI/c1-5-22-21(24-18-12-15-26(16-18)20(27)17(2)3)23-13-9-14-25(4)19-10-7-6-8-11-19;/h6-8,10-11,17-18H,5,9,12-16H2,1-4H3,(H2,22,23,24);1H. The SMILES string of the molecule is CCNC(=NCCCN(C)c1ccccc1)NC1CCN(C(=O)C(C)C)C1.I. The summed E-state index contributed by atoms with van der Waals surface area (Å²) >= 11 is 0. The quantitative estimate of drug-likeness (QED) is 0.249. The first-order chi connectivity index (χ1) is 13.0. The molecule has 0 bridgehead atoms. The first-order valence-electron chi connectivity index (χ1n) is 10.1. The Morgan fingerprint density at radius 1 is 1.32 bits per heavy atom. The fraction of sp³-hybridized carbons (Fsp3) is 0.619. The molecule has 1 fully saturated rings. The monoisotopic (exact) mass is 501 g/mol. The maximum atomic E-state index is 12.1. The summed E-state index contributed by atoms with van der Waals surface area (Å²) in [7, 11) is 2.11. The van der Waals surface area contributed by atoms with Gasteiger partial charge in [0.15, 0.2) is 5.96 Å². The van der Waals surface area contributed by atoms with Crippen molar-refractivity contribution in [3.8, 4) is 0 Å². The van der Waals surface area contributed by atoms with Crippen molar-refractivity contribution in [3.05, 3.63) is 30.3 Å². The fourth-order valence-corrected chi connectivity index (χ4v) is 3.27. The second-order valence-electron chi connectivity index (χ2n) is 7.44. The zero-order valence-corrected chi connectivity index (χ0v) is 20.0. The number of hydrogen-bond donors (Lipinski definition) is 2. The summed E-state index contributed by atoms with van der Waals surface area (Å²) in [6.07, 6.45) is 1.96. The van der Waals surface area contributed by atoms with Crippen molar-refractivity contribution in [2.24, 2.45) is 10.9 Å². The number of guanidine groups is 1. The predicted molar refractivity (Wildman–Crippen MR) is 129 cm³/mol. The van der Waals surface area contributed by atoms with Crippen molar-refractivity contribution in [3.63, 3.8) is 0 Å². The summed E-state index contributed by atoms with van der Waals surface area (Å²) in [6, 6.07) is 10.7. The smallest absolute Gasteiger partial charge is 0.225 e. The molecule has 2 rings (SSSR count). The topological polar surface area (TPSA) is 60.0 Å². The number of rotatable bonds is 8. The van der Waals surface area contributed by atoms with Gasteiger partial charge in [-0.2, -0.15) is 0 Å². The molecule has 1 aromatic rings. The first-order valence-corrected chi connectivity index (χ1v) is 10.1. The molecule has 1 amide bonds.